The average molecular weight is 364 g/mol. The van der Waals surface area contributed by atoms with Crippen molar-refractivity contribution in [3.63, 3.8) is 0 Å². The Morgan fingerprint density at radius 2 is 1.78 bits per heavy atom. The van der Waals surface area contributed by atoms with Crippen molar-refractivity contribution < 1.29 is 9.18 Å². The summed E-state index contributed by atoms with van der Waals surface area (Å²) in [5.41, 5.74) is 3.02. The number of nitrogens with zero attached hydrogens (tertiary/aromatic N) is 4. The number of hydrogen-bond donors (Lipinski definition) is 0. The lowest BCUT2D eigenvalue weighted by Gasteiger charge is -2.24. The number of aryl methyl sites for hydroxylation is 2. The predicted octanol–water partition coefficient (Wildman–Crippen LogP) is 4.00. The molecule has 0 saturated carbocycles. The molecule has 1 aliphatic rings. The van der Waals surface area contributed by atoms with Crippen LogP contribution in [0.2, 0.25) is 0 Å². The number of likely N-dealkylation sites (tertiary alicyclic amines) is 1. The minimum Gasteiger partial charge on any atom is -0.329 e. The summed E-state index contributed by atoms with van der Waals surface area (Å²) in [4.78, 5) is 19.3. The summed E-state index contributed by atoms with van der Waals surface area (Å²) in [7, 11) is 0. The normalized spacial score (nSPS) is 16.7. The first kappa shape index (κ1) is 17.4. The van der Waals surface area contributed by atoms with Crippen molar-refractivity contribution in [1.82, 2.24) is 19.7 Å². The van der Waals surface area contributed by atoms with E-state index in [9.17, 15) is 9.18 Å². The predicted molar refractivity (Wildman–Crippen MR) is 100 cm³/mol. The van der Waals surface area contributed by atoms with Gasteiger partial charge in [-0.3, -0.25) is 4.79 Å². The summed E-state index contributed by atoms with van der Waals surface area (Å²) in [6.45, 7) is 4.53. The largest absolute Gasteiger partial charge is 0.329 e. The number of hydrogen-bond acceptors (Lipinski definition) is 3. The molecule has 0 N–H and O–H groups in total. The lowest BCUT2D eigenvalue weighted by molar-refractivity contribution is 0.0723. The lowest BCUT2D eigenvalue weighted by Crippen LogP contribution is -2.31. The number of carbonyl (C=O) groups is 1. The molecule has 1 aliphatic heterocycles. The van der Waals surface area contributed by atoms with Crippen LogP contribution in [0, 0.1) is 19.7 Å². The second-order valence-electron chi connectivity index (χ2n) is 6.94. The van der Waals surface area contributed by atoms with Crippen LogP contribution in [0.15, 0.2) is 48.5 Å². The van der Waals surface area contributed by atoms with Crippen LogP contribution in [0.3, 0.4) is 0 Å². The molecule has 1 amide bonds. The first-order valence-electron chi connectivity index (χ1n) is 9.10. The Kier molecular flexibility index (Phi) is 4.48. The van der Waals surface area contributed by atoms with E-state index in [0.717, 1.165) is 18.4 Å². The molecule has 2 aromatic carbocycles. The molecule has 27 heavy (non-hydrogen) atoms. The van der Waals surface area contributed by atoms with Gasteiger partial charge in [0.15, 0.2) is 0 Å². The van der Waals surface area contributed by atoms with Gasteiger partial charge in [0.25, 0.3) is 5.91 Å². The lowest BCUT2D eigenvalue weighted by atomic mass is 10.0. The highest BCUT2D eigenvalue weighted by atomic mass is 19.1. The fourth-order valence-electron chi connectivity index (χ4n) is 3.58. The molecule has 5 nitrogen and oxygen atoms in total. The first-order valence-corrected chi connectivity index (χ1v) is 9.10. The van der Waals surface area contributed by atoms with Crippen molar-refractivity contribution in [1.29, 1.82) is 0 Å². The summed E-state index contributed by atoms with van der Waals surface area (Å²) in [6.07, 6.45) is 1.90. The number of aromatic nitrogens is 3. The highest BCUT2D eigenvalue weighted by molar-refractivity contribution is 5.91. The number of benzene rings is 2. The zero-order chi connectivity index (χ0) is 19.0. The van der Waals surface area contributed by atoms with Gasteiger partial charge in [-0.2, -0.15) is 0 Å². The zero-order valence-corrected chi connectivity index (χ0v) is 15.4. The fourth-order valence-corrected chi connectivity index (χ4v) is 3.58. The molecular weight excluding hydrogens is 343 g/mol. The Morgan fingerprint density at radius 3 is 2.48 bits per heavy atom. The van der Waals surface area contributed by atoms with Crippen LogP contribution in [0.25, 0.3) is 5.69 Å². The molecular formula is C21H21FN4O. The average Bonchev–Trinajstić information content (AvgIpc) is 3.30. The third-order valence-corrected chi connectivity index (χ3v) is 5.01. The molecule has 138 valence electrons. The van der Waals surface area contributed by atoms with Crippen molar-refractivity contribution in [3.8, 4) is 5.69 Å². The molecule has 3 aromatic rings. The van der Waals surface area contributed by atoms with Crippen LogP contribution in [0.1, 0.15) is 46.5 Å². The summed E-state index contributed by atoms with van der Waals surface area (Å²) in [6, 6.07) is 14.3. The van der Waals surface area contributed by atoms with Crippen LogP contribution in [0.4, 0.5) is 4.39 Å². The van der Waals surface area contributed by atoms with Crippen molar-refractivity contribution in [2.75, 3.05) is 6.54 Å². The van der Waals surface area contributed by atoms with Gasteiger partial charge in [-0.05, 0) is 56.5 Å². The Morgan fingerprint density at radius 1 is 1.07 bits per heavy atom. The highest BCUT2D eigenvalue weighted by Crippen LogP contribution is 2.33. The van der Waals surface area contributed by atoms with E-state index in [4.69, 9.17) is 0 Å². The van der Waals surface area contributed by atoms with Crippen LogP contribution in [-0.4, -0.2) is 32.1 Å². The molecule has 4 rings (SSSR count). The Labute approximate surface area is 157 Å². The van der Waals surface area contributed by atoms with Gasteiger partial charge in [0.05, 0.1) is 11.7 Å². The fraction of sp³-hybridized carbons (Fsp3) is 0.286. The summed E-state index contributed by atoms with van der Waals surface area (Å²) < 4.78 is 14.7. The van der Waals surface area contributed by atoms with Gasteiger partial charge in [-0.25, -0.2) is 14.1 Å². The summed E-state index contributed by atoms with van der Waals surface area (Å²) >= 11 is 0. The molecule has 2 heterocycles. The monoisotopic (exact) mass is 364 g/mol. The topological polar surface area (TPSA) is 51.0 Å². The van der Waals surface area contributed by atoms with Gasteiger partial charge in [0.1, 0.15) is 11.6 Å². The van der Waals surface area contributed by atoms with Crippen molar-refractivity contribution in [2.24, 2.45) is 0 Å². The Balaban J connectivity index is 1.61. The molecule has 1 aromatic heterocycles. The summed E-state index contributed by atoms with van der Waals surface area (Å²) in [5.74, 6) is 0.291. The van der Waals surface area contributed by atoms with Crippen LogP contribution in [0.5, 0.6) is 0 Å². The van der Waals surface area contributed by atoms with Crippen LogP contribution in [-0.2, 0) is 0 Å². The number of carbonyl (C=O) groups excluding carboxylic acids is 1. The maximum atomic E-state index is 13.2. The highest BCUT2D eigenvalue weighted by Gasteiger charge is 2.32. The minimum atomic E-state index is -0.314. The maximum Gasteiger partial charge on any atom is 0.294 e. The third kappa shape index (κ3) is 3.35. The SMILES string of the molecule is Cc1ccc(C2CCCN2C(=O)c2nc(C)n(-c3ccc(F)cc3)n2)cc1. The smallest absolute Gasteiger partial charge is 0.294 e. The van der Waals surface area contributed by atoms with Gasteiger partial charge in [0.2, 0.25) is 5.82 Å². The van der Waals surface area contributed by atoms with Gasteiger partial charge in [-0.15, -0.1) is 5.10 Å². The third-order valence-electron chi connectivity index (χ3n) is 5.01. The van der Waals surface area contributed by atoms with E-state index in [0.29, 0.717) is 18.1 Å². The molecule has 0 aliphatic carbocycles. The molecule has 0 spiro atoms. The second-order valence-corrected chi connectivity index (χ2v) is 6.94. The van der Waals surface area contributed by atoms with Crippen molar-refractivity contribution in [3.05, 3.63) is 77.1 Å². The molecule has 1 atom stereocenters. The Hall–Kier alpha value is -3.02. The maximum absolute atomic E-state index is 13.2. The molecule has 1 unspecified atom stereocenters. The van der Waals surface area contributed by atoms with E-state index in [2.05, 4.69) is 41.3 Å². The van der Waals surface area contributed by atoms with Gasteiger partial charge in [0, 0.05) is 6.54 Å². The minimum absolute atomic E-state index is 0.0520. The van der Waals surface area contributed by atoms with Gasteiger partial charge >= 0.3 is 0 Å². The van der Waals surface area contributed by atoms with E-state index < -0.39 is 0 Å². The van der Waals surface area contributed by atoms with E-state index in [1.165, 1.54) is 17.7 Å². The van der Waals surface area contributed by atoms with Crippen molar-refractivity contribution in [2.45, 2.75) is 32.7 Å². The summed E-state index contributed by atoms with van der Waals surface area (Å²) in [5, 5.41) is 4.39. The molecule has 1 fully saturated rings. The number of halogens is 1. The van der Waals surface area contributed by atoms with Gasteiger partial charge < -0.3 is 4.90 Å². The zero-order valence-electron chi connectivity index (χ0n) is 15.4. The van der Waals surface area contributed by atoms with E-state index >= 15 is 0 Å². The van der Waals surface area contributed by atoms with Crippen LogP contribution < -0.4 is 0 Å². The first-order chi connectivity index (χ1) is 13.0. The van der Waals surface area contributed by atoms with E-state index in [-0.39, 0.29) is 23.6 Å². The van der Waals surface area contributed by atoms with E-state index in [1.54, 1.807) is 23.7 Å². The molecule has 6 heteroatoms. The molecule has 0 radical (unpaired) electrons. The number of rotatable bonds is 3. The Bertz CT molecular complexity index is 963. The second kappa shape index (κ2) is 6.95. The molecule has 0 bridgehead atoms. The van der Waals surface area contributed by atoms with Crippen molar-refractivity contribution >= 4 is 5.91 Å². The number of amides is 1. The van der Waals surface area contributed by atoms with Crippen LogP contribution >= 0.6 is 0 Å². The van der Waals surface area contributed by atoms with Gasteiger partial charge in [-0.1, -0.05) is 29.8 Å². The molecule has 1 saturated heterocycles. The quantitative estimate of drug-likeness (QED) is 0.706. The standard InChI is InChI=1S/C21H21FN4O/c1-14-5-7-16(8-6-14)19-4-3-13-25(19)21(27)20-23-15(2)26(24-20)18-11-9-17(22)10-12-18/h5-12,19H,3-4,13H2,1-2H3. The van der Waals surface area contributed by atoms with E-state index in [1.807, 2.05) is 4.90 Å².